The van der Waals surface area contributed by atoms with Crippen LogP contribution in [0.3, 0.4) is 0 Å². The van der Waals surface area contributed by atoms with Crippen molar-refractivity contribution in [2.75, 3.05) is 0 Å². The fourth-order valence-corrected chi connectivity index (χ4v) is 5.83. The first kappa shape index (κ1) is 20.6. The van der Waals surface area contributed by atoms with E-state index in [0.717, 1.165) is 12.1 Å². The average Bonchev–Trinajstić information content (AvgIpc) is 2.21. The van der Waals surface area contributed by atoms with Crippen LogP contribution in [0, 0.1) is 6.92 Å². The van der Waals surface area contributed by atoms with Gasteiger partial charge in [0.25, 0.3) is 0 Å². The van der Waals surface area contributed by atoms with Crippen molar-refractivity contribution >= 4 is 33.6 Å². The van der Waals surface area contributed by atoms with Gasteiger partial charge in [0, 0.05) is 0 Å². The SMILES string of the molecule is Cc1ccc(S(=O)(=O)OP(=O)(O)OP(=O)(O)OP(=O)(O)O)cc1. The van der Waals surface area contributed by atoms with E-state index in [2.05, 4.69) is 12.6 Å². The van der Waals surface area contributed by atoms with Gasteiger partial charge in [0.05, 0.1) is 4.90 Å². The van der Waals surface area contributed by atoms with Crippen LogP contribution < -0.4 is 0 Å². The normalized spacial score (nSPS) is 18.1. The molecule has 0 spiro atoms. The molecule has 2 unspecified atom stereocenters. The first-order chi connectivity index (χ1) is 10.1. The molecule has 0 bridgehead atoms. The van der Waals surface area contributed by atoms with E-state index in [1.165, 1.54) is 12.1 Å². The summed E-state index contributed by atoms with van der Waals surface area (Å²) in [6.45, 7) is 1.64. The highest BCUT2D eigenvalue weighted by molar-refractivity contribution is 7.91. The lowest BCUT2D eigenvalue weighted by atomic mass is 10.2. The standard InChI is InChI=1S/C7H11O12P3S/c1-6-2-4-7(5-3-6)23(15,16)19-22(13,14)18-21(11,12)17-20(8,9)10/h2-5H,1H3,(H,11,12)(H,13,14)(H2,8,9,10). The Kier molecular flexibility index (Phi) is 6.12. The summed E-state index contributed by atoms with van der Waals surface area (Å²) in [6.07, 6.45) is 0. The first-order valence-corrected chi connectivity index (χ1v) is 11.2. The van der Waals surface area contributed by atoms with Crippen LogP contribution in [0.25, 0.3) is 0 Å². The predicted octanol–water partition coefficient (Wildman–Crippen LogP) is 1.03. The van der Waals surface area contributed by atoms with Crippen molar-refractivity contribution in [2.24, 2.45) is 0 Å². The number of phosphoric acid groups is 3. The summed E-state index contributed by atoms with van der Waals surface area (Å²) in [6, 6.07) is 4.73. The highest BCUT2D eigenvalue weighted by atomic mass is 32.2. The van der Waals surface area contributed by atoms with Gasteiger partial charge in [0.1, 0.15) is 0 Å². The second-order valence-electron chi connectivity index (χ2n) is 3.93. The van der Waals surface area contributed by atoms with Crippen molar-refractivity contribution in [1.82, 2.24) is 0 Å². The molecule has 0 aromatic heterocycles. The fraction of sp³-hybridized carbons (Fsp3) is 0.143. The van der Waals surface area contributed by atoms with Crippen LogP contribution in [0.15, 0.2) is 29.2 Å². The van der Waals surface area contributed by atoms with Gasteiger partial charge < -0.3 is 19.6 Å². The summed E-state index contributed by atoms with van der Waals surface area (Å²) in [5, 5.41) is 0. The van der Waals surface area contributed by atoms with Crippen LogP contribution in [-0.2, 0) is 36.4 Å². The molecule has 23 heavy (non-hydrogen) atoms. The molecule has 0 saturated carbocycles. The minimum atomic E-state index is -5.79. The quantitative estimate of drug-likeness (QED) is 0.465. The Hall–Kier alpha value is -0.420. The molecule has 0 amide bonds. The van der Waals surface area contributed by atoms with Gasteiger partial charge in [-0.2, -0.15) is 21.0 Å². The van der Waals surface area contributed by atoms with E-state index in [4.69, 9.17) is 19.6 Å². The Balaban J connectivity index is 2.97. The number of aryl methyl sites for hydroxylation is 1. The van der Waals surface area contributed by atoms with E-state index in [1.807, 2.05) is 0 Å². The van der Waals surface area contributed by atoms with E-state index in [-0.39, 0.29) is 0 Å². The molecule has 0 aliphatic rings. The van der Waals surface area contributed by atoms with Crippen molar-refractivity contribution < 1.29 is 54.3 Å². The topological polar surface area (TPSA) is 194 Å². The molecule has 0 radical (unpaired) electrons. The van der Waals surface area contributed by atoms with Gasteiger partial charge in [0.15, 0.2) is 0 Å². The molecule has 16 heteroatoms. The van der Waals surface area contributed by atoms with Crippen LogP contribution in [0.4, 0.5) is 0 Å². The maximum atomic E-state index is 11.7. The van der Waals surface area contributed by atoms with Crippen molar-refractivity contribution in [3.05, 3.63) is 29.8 Å². The monoisotopic (exact) mass is 412 g/mol. The van der Waals surface area contributed by atoms with E-state index in [0.29, 0.717) is 5.56 Å². The fourth-order valence-electron chi connectivity index (χ4n) is 1.17. The Morgan fingerprint density at radius 2 is 1.35 bits per heavy atom. The van der Waals surface area contributed by atoms with Crippen LogP contribution in [0.1, 0.15) is 5.56 Å². The largest absolute Gasteiger partial charge is 0.496 e. The molecule has 1 aromatic carbocycles. The molecule has 1 rings (SSSR count). The Morgan fingerprint density at radius 3 is 1.78 bits per heavy atom. The minimum absolute atomic E-state index is 0.565. The number of hydrogen-bond donors (Lipinski definition) is 4. The smallest absolute Gasteiger partial charge is 0.302 e. The molecule has 132 valence electrons. The molecule has 1 aromatic rings. The average molecular weight is 412 g/mol. The number of rotatable bonds is 7. The van der Waals surface area contributed by atoms with E-state index in [1.54, 1.807) is 6.92 Å². The van der Waals surface area contributed by atoms with Crippen LogP contribution in [-0.4, -0.2) is 28.0 Å². The zero-order valence-corrected chi connectivity index (χ0v) is 14.6. The minimum Gasteiger partial charge on any atom is -0.302 e. The van der Waals surface area contributed by atoms with Crippen molar-refractivity contribution in [3.63, 3.8) is 0 Å². The predicted molar refractivity (Wildman–Crippen MR) is 73.3 cm³/mol. The Morgan fingerprint density at radius 1 is 0.870 bits per heavy atom. The second-order valence-corrected chi connectivity index (χ2v) is 10.1. The van der Waals surface area contributed by atoms with Gasteiger partial charge >= 0.3 is 33.6 Å². The Bertz CT molecular complexity index is 808. The van der Waals surface area contributed by atoms with Gasteiger partial charge in [-0.1, -0.05) is 17.7 Å². The van der Waals surface area contributed by atoms with Gasteiger partial charge in [-0.05, 0) is 19.1 Å². The highest BCUT2D eigenvalue weighted by Crippen LogP contribution is 2.66. The number of benzene rings is 1. The second kappa shape index (κ2) is 6.83. The molecular weight excluding hydrogens is 401 g/mol. The van der Waals surface area contributed by atoms with Crippen LogP contribution >= 0.6 is 23.5 Å². The van der Waals surface area contributed by atoms with Crippen LogP contribution in [0.5, 0.6) is 0 Å². The van der Waals surface area contributed by atoms with Crippen LogP contribution in [0.2, 0.25) is 0 Å². The molecule has 0 aliphatic carbocycles. The zero-order chi connectivity index (χ0) is 18.1. The summed E-state index contributed by atoms with van der Waals surface area (Å²) in [5.41, 5.74) is 0.669. The van der Waals surface area contributed by atoms with Crippen molar-refractivity contribution in [2.45, 2.75) is 11.8 Å². The lowest BCUT2D eigenvalue weighted by Crippen LogP contribution is -2.06. The summed E-state index contributed by atoms with van der Waals surface area (Å²) in [5.74, 6) is 0. The molecule has 0 heterocycles. The van der Waals surface area contributed by atoms with Gasteiger partial charge in [-0.15, -0.1) is 0 Å². The van der Waals surface area contributed by atoms with Gasteiger partial charge in [-0.3, -0.25) is 0 Å². The summed E-state index contributed by atoms with van der Waals surface area (Å²) >= 11 is 0. The third-order valence-electron chi connectivity index (χ3n) is 1.92. The summed E-state index contributed by atoms with van der Waals surface area (Å²) in [7, 11) is -22.0. The van der Waals surface area contributed by atoms with E-state index in [9.17, 15) is 22.1 Å². The third-order valence-corrected chi connectivity index (χ3v) is 7.63. The molecule has 0 aliphatic heterocycles. The summed E-state index contributed by atoms with van der Waals surface area (Å²) < 4.78 is 67.0. The van der Waals surface area contributed by atoms with Crippen molar-refractivity contribution in [3.8, 4) is 0 Å². The molecule has 4 N–H and O–H groups in total. The lowest BCUT2D eigenvalue weighted by molar-refractivity contribution is 0.208. The summed E-state index contributed by atoms with van der Waals surface area (Å²) in [4.78, 5) is 34.2. The highest BCUT2D eigenvalue weighted by Gasteiger charge is 2.43. The lowest BCUT2D eigenvalue weighted by Gasteiger charge is -2.15. The molecule has 0 fully saturated rings. The molecule has 2 atom stereocenters. The van der Waals surface area contributed by atoms with Gasteiger partial charge in [0.2, 0.25) is 0 Å². The molecule has 0 saturated heterocycles. The van der Waals surface area contributed by atoms with Crippen molar-refractivity contribution in [1.29, 1.82) is 0 Å². The Labute approximate surface area is 130 Å². The molecular formula is C7H11O12P3S. The third kappa shape index (κ3) is 7.34. The number of hydrogen-bond acceptors (Lipinski definition) is 8. The maximum absolute atomic E-state index is 11.7. The van der Waals surface area contributed by atoms with Gasteiger partial charge in [-0.25, -0.2) is 13.7 Å². The zero-order valence-electron chi connectivity index (χ0n) is 11.1. The van der Waals surface area contributed by atoms with E-state index < -0.39 is 38.5 Å². The molecule has 12 nitrogen and oxygen atoms in total. The maximum Gasteiger partial charge on any atom is 0.496 e. The van der Waals surface area contributed by atoms with E-state index >= 15 is 0 Å². The first-order valence-electron chi connectivity index (χ1n) is 5.29.